The Morgan fingerprint density at radius 3 is 2.56 bits per heavy atom. The molecule has 0 aliphatic rings. The number of nitrogens with one attached hydrogen (secondary N) is 1. The number of hydrogen-bond acceptors (Lipinski definition) is 1. The molecule has 82 valence electrons. The Bertz CT molecular complexity index is 534. The van der Waals surface area contributed by atoms with E-state index in [1.54, 1.807) is 0 Å². The van der Waals surface area contributed by atoms with E-state index in [0.29, 0.717) is 0 Å². The van der Waals surface area contributed by atoms with Gasteiger partial charge in [-0.3, -0.25) is 0 Å². The van der Waals surface area contributed by atoms with Gasteiger partial charge in [-0.15, -0.1) is 0 Å². The lowest BCUT2D eigenvalue weighted by Gasteiger charge is -2.05. The molecular weight excluding hydrogens is 200 g/mol. The first-order chi connectivity index (χ1) is 7.69. The summed E-state index contributed by atoms with van der Waals surface area (Å²) in [5.74, 6) is 0. The van der Waals surface area contributed by atoms with Crippen molar-refractivity contribution in [3.05, 3.63) is 42.0 Å². The Hall–Kier alpha value is -2.03. The third-order valence-corrected chi connectivity index (χ3v) is 2.58. The molecule has 2 aromatic carbocycles. The highest BCUT2D eigenvalue weighted by Crippen LogP contribution is 2.20. The van der Waals surface area contributed by atoms with Gasteiger partial charge in [-0.05, 0) is 34.9 Å². The number of hydrogen-bond donors (Lipinski definition) is 2. The number of fused-ring (bicyclic) bond motifs is 1. The van der Waals surface area contributed by atoms with E-state index < -0.39 is 6.03 Å². The fraction of sp³-hybridized carbons (Fsp3) is 0.154. The third kappa shape index (κ3) is 2.14. The zero-order valence-corrected chi connectivity index (χ0v) is 9.16. The largest absolute Gasteiger partial charge is 0.351 e. The molecule has 0 spiro atoms. The summed E-state index contributed by atoms with van der Waals surface area (Å²) in [4.78, 5) is 10.7. The molecular formula is C13H14N2O. The zero-order chi connectivity index (χ0) is 11.5. The third-order valence-electron chi connectivity index (χ3n) is 2.58. The molecule has 0 unspecified atom stereocenters. The van der Waals surface area contributed by atoms with Crippen LogP contribution in [-0.4, -0.2) is 6.03 Å². The number of carbonyl (C=O) groups excluding carboxylic acids is 1. The number of carbonyl (C=O) groups is 1. The number of rotatable bonds is 2. The number of primary amides is 1. The van der Waals surface area contributed by atoms with Gasteiger partial charge in [0.2, 0.25) is 0 Å². The zero-order valence-electron chi connectivity index (χ0n) is 9.16. The summed E-state index contributed by atoms with van der Waals surface area (Å²) < 4.78 is 0. The summed E-state index contributed by atoms with van der Waals surface area (Å²) in [6, 6.07) is 11.5. The molecule has 3 N–H and O–H groups in total. The van der Waals surface area contributed by atoms with Crippen LogP contribution in [0.15, 0.2) is 36.4 Å². The van der Waals surface area contributed by atoms with Crippen LogP contribution in [0.5, 0.6) is 0 Å². The second-order valence-electron chi connectivity index (χ2n) is 3.74. The predicted octanol–water partition coefficient (Wildman–Crippen LogP) is 2.89. The molecule has 0 atom stereocenters. The first-order valence-corrected chi connectivity index (χ1v) is 5.28. The average molecular weight is 214 g/mol. The normalized spacial score (nSPS) is 10.3. The molecule has 0 radical (unpaired) electrons. The highest BCUT2D eigenvalue weighted by atomic mass is 16.2. The molecule has 0 saturated carbocycles. The van der Waals surface area contributed by atoms with E-state index >= 15 is 0 Å². The summed E-state index contributed by atoms with van der Waals surface area (Å²) in [5.41, 5.74) is 7.10. The van der Waals surface area contributed by atoms with Crippen molar-refractivity contribution < 1.29 is 4.79 Å². The van der Waals surface area contributed by atoms with Crippen LogP contribution >= 0.6 is 0 Å². The lowest BCUT2D eigenvalue weighted by atomic mass is 10.1. The second kappa shape index (κ2) is 4.23. The summed E-state index contributed by atoms with van der Waals surface area (Å²) in [7, 11) is 0. The van der Waals surface area contributed by atoms with Gasteiger partial charge in [0.1, 0.15) is 0 Å². The minimum Gasteiger partial charge on any atom is -0.351 e. The molecule has 2 rings (SSSR count). The van der Waals surface area contributed by atoms with Crippen LogP contribution in [0.25, 0.3) is 10.8 Å². The van der Waals surface area contributed by atoms with Gasteiger partial charge in [0.25, 0.3) is 0 Å². The quantitative estimate of drug-likeness (QED) is 0.793. The van der Waals surface area contributed by atoms with E-state index in [4.69, 9.17) is 5.73 Å². The van der Waals surface area contributed by atoms with Crippen molar-refractivity contribution >= 4 is 22.5 Å². The molecule has 0 saturated heterocycles. The molecule has 16 heavy (non-hydrogen) atoms. The number of aryl methyl sites for hydroxylation is 1. The van der Waals surface area contributed by atoms with Gasteiger partial charge in [0, 0.05) is 5.69 Å². The molecule has 2 aromatic rings. The lowest BCUT2D eigenvalue weighted by Crippen LogP contribution is -2.19. The Morgan fingerprint density at radius 2 is 1.88 bits per heavy atom. The van der Waals surface area contributed by atoms with Gasteiger partial charge in [-0.1, -0.05) is 31.2 Å². The van der Waals surface area contributed by atoms with Crippen molar-refractivity contribution in [1.82, 2.24) is 0 Å². The monoisotopic (exact) mass is 214 g/mol. The van der Waals surface area contributed by atoms with Gasteiger partial charge in [-0.2, -0.15) is 0 Å². The van der Waals surface area contributed by atoms with Crippen molar-refractivity contribution in [3.8, 4) is 0 Å². The van der Waals surface area contributed by atoms with Gasteiger partial charge in [0.15, 0.2) is 0 Å². The fourth-order valence-electron chi connectivity index (χ4n) is 1.74. The number of anilines is 1. The maximum Gasteiger partial charge on any atom is 0.316 e. The number of nitrogens with two attached hydrogens (primary N) is 1. The molecule has 0 heterocycles. The Kier molecular flexibility index (Phi) is 2.77. The molecule has 3 nitrogen and oxygen atoms in total. The van der Waals surface area contributed by atoms with E-state index in [9.17, 15) is 4.79 Å². The molecule has 2 amide bonds. The minimum atomic E-state index is -0.537. The molecule has 3 heteroatoms. The van der Waals surface area contributed by atoms with Gasteiger partial charge < -0.3 is 11.1 Å². The van der Waals surface area contributed by atoms with Crippen LogP contribution < -0.4 is 11.1 Å². The molecule has 0 fully saturated rings. The van der Waals surface area contributed by atoms with E-state index in [1.807, 2.05) is 18.2 Å². The predicted molar refractivity (Wildman–Crippen MR) is 66.5 cm³/mol. The summed E-state index contributed by atoms with van der Waals surface area (Å²) in [5, 5.41) is 4.84. The number of benzene rings is 2. The summed E-state index contributed by atoms with van der Waals surface area (Å²) >= 11 is 0. The van der Waals surface area contributed by atoms with E-state index in [-0.39, 0.29) is 0 Å². The molecule has 0 bridgehead atoms. The van der Waals surface area contributed by atoms with Crippen LogP contribution in [0, 0.1) is 0 Å². The number of amides is 2. The fourth-order valence-corrected chi connectivity index (χ4v) is 1.74. The standard InChI is InChI=1S/C13H14N2O/c1-2-9-3-4-11-8-12(15-13(14)16)6-5-10(11)7-9/h3-8H,2H2,1H3,(H3,14,15,16). The maximum absolute atomic E-state index is 10.7. The van der Waals surface area contributed by atoms with Gasteiger partial charge in [-0.25, -0.2) is 4.79 Å². The van der Waals surface area contributed by atoms with Crippen molar-refractivity contribution in [2.24, 2.45) is 5.73 Å². The van der Waals surface area contributed by atoms with Crippen molar-refractivity contribution in [1.29, 1.82) is 0 Å². The molecule has 0 aliphatic carbocycles. The van der Waals surface area contributed by atoms with Crippen LogP contribution in [0.1, 0.15) is 12.5 Å². The minimum absolute atomic E-state index is 0.537. The lowest BCUT2D eigenvalue weighted by molar-refractivity contribution is 0.259. The first-order valence-electron chi connectivity index (χ1n) is 5.28. The Labute approximate surface area is 94.3 Å². The first kappa shape index (κ1) is 10.5. The maximum atomic E-state index is 10.7. The van der Waals surface area contributed by atoms with Crippen LogP contribution in [0.4, 0.5) is 10.5 Å². The smallest absolute Gasteiger partial charge is 0.316 e. The molecule has 0 aliphatic heterocycles. The number of urea groups is 1. The topological polar surface area (TPSA) is 55.1 Å². The highest BCUT2D eigenvalue weighted by Gasteiger charge is 1.99. The van der Waals surface area contributed by atoms with Gasteiger partial charge in [0.05, 0.1) is 0 Å². The van der Waals surface area contributed by atoms with Crippen molar-refractivity contribution in [2.45, 2.75) is 13.3 Å². The summed E-state index contributed by atoms with van der Waals surface area (Å²) in [6.45, 7) is 2.13. The Morgan fingerprint density at radius 1 is 1.19 bits per heavy atom. The van der Waals surface area contributed by atoms with Crippen molar-refractivity contribution in [3.63, 3.8) is 0 Å². The van der Waals surface area contributed by atoms with Crippen LogP contribution in [0.2, 0.25) is 0 Å². The summed E-state index contributed by atoms with van der Waals surface area (Å²) in [6.07, 6.45) is 1.03. The van der Waals surface area contributed by atoms with Crippen LogP contribution in [0.3, 0.4) is 0 Å². The van der Waals surface area contributed by atoms with Crippen LogP contribution in [-0.2, 0) is 6.42 Å². The van der Waals surface area contributed by atoms with E-state index in [1.165, 1.54) is 10.9 Å². The molecule has 0 aromatic heterocycles. The van der Waals surface area contributed by atoms with E-state index in [0.717, 1.165) is 17.5 Å². The second-order valence-corrected chi connectivity index (χ2v) is 3.74. The van der Waals surface area contributed by atoms with Crippen molar-refractivity contribution in [2.75, 3.05) is 5.32 Å². The highest BCUT2D eigenvalue weighted by molar-refractivity contribution is 5.92. The van der Waals surface area contributed by atoms with Gasteiger partial charge >= 0.3 is 6.03 Å². The average Bonchev–Trinajstić information content (AvgIpc) is 2.27. The Balaban J connectivity index is 2.43. The van der Waals surface area contributed by atoms with E-state index in [2.05, 4.69) is 30.4 Å². The SMILES string of the molecule is CCc1ccc2cc(NC(N)=O)ccc2c1.